The molecule has 5 rings (SSSR count). The Morgan fingerprint density at radius 3 is 2.93 bits per heavy atom. The molecular weight excluding hydrogens is 368 g/mol. The van der Waals surface area contributed by atoms with Crippen molar-refractivity contribution in [3.8, 4) is 5.75 Å². The number of oxazole rings is 1. The van der Waals surface area contributed by atoms with E-state index in [9.17, 15) is 5.11 Å². The predicted molar refractivity (Wildman–Crippen MR) is 111 cm³/mol. The second-order valence-corrected chi connectivity index (χ2v) is 7.65. The third-order valence-corrected chi connectivity index (χ3v) is 5.67. The van der Waals surface area contributed by atoms with Gasteiger partial charge >= 0.3 is 0 Å². The number of aliphatic hydroxyl groups is 1. The number of ether oxygens (including phenoxy) is 1. The van der Waals surface area contributed by atoms with Crippen LogP contribution in [0.15, 0.2) is 47.1 Å². The molecule has 0 saturated heterocycles. The van der Waals surface area contributed by atoms with Crippen LogP contribution in [-0.4, -0.2) is 38.9 Å². The number of anilines is 1. The maximum Gasteiger partial charge on any atom is 0.295 e. The highest BCUT2D eigenvalue weighted by atomic mass is 16.5. The molecule has 4 aromatic rings. The highest BCUT2D eigenvalue weighted by molar-refractivity contribution is 5.78. The summed E-state index contributed by atoms with van der Waals surface area (Å²) in [6.07, 6.45) is 5.45. The average Bonchev–Trinajstić information content (AvgIpc) is 3.32. The summed E-state index contributed by atoms with van der Waals surface area (Å²) in [5, 5.41) is 13.4. The largest absolute Gasteiger partial charge is 0.497 e. The fourth-order valence-electron chi connectivity index (χ4n) is 4.06. The molecule has 150 valence electrons. The van der Waals surface area contributed by atoms with Crippen molar-refractivity contribution in [2.45, 2.75) is 44.4 Å². The quantitative estimate of drug-likeness (QED) is 0.535. The monoisotopic (exact) mass is 392 g/mol. The van der Waals surface area contributed by atoms with E-state index >= 15 is 0 Å². The number of fused-ring (bicyclic) bond motifs is 2. The molecule has 0 bridgehead atoms. The van der Waals surface area contributed by atoms with Crippen molar-refractivity contribution in [3.05, 3.63) is 48.3 Å². The number of nitrogens with one attached hydrogen (secondary N) is 1. The van der Waals surface area contributed by atoms with E-state index in [1.807, 2.05) is 36.7 Å². The van der Waals surface area contributed by atoms with Gasteiger partial charge in [0.2, 0.25) is 0 Å². The van der Waals surface area contributed by atoms with Gasteiger partial charge in [-0.2, -0.15) is 4.98 Å². The molecule has 7 nitrogen and oxygen atoms in total. The van der Waals surface area contributed by atoms with E-state index in [-0.39, 0.29) is 12.1 Å². The molecule has 0 aliphatic heterocycles. The van der Waals surface area contributed by atoms with Gasteiger partial charge in [-0.3, -0.25) is 0 Å². The van der Waals surface area contributed by atoms with Crippen LogP contribution in [0.5, 0.6) is 5.75 Å². The molecule has 2 heterocycles. The summed E-state index contributed by atoms with van der Waals surface area (Å²) in [4.78, 5) is 9.00. The SMILES string of the molecule is COc1ccc2c(c1)ncn2Cc1ccc2nc(NC3CCCCC3O)oc2c1. The van der Waals surface area contributed by atoms with Crippen LogP contribution in [0.4, 0.5) is 6.01 Å². The first-order valence-electron chi connectivity index (χ1n) is 10.0. The molecule has 2 unspecified atom stereocenters. The van der Waals surface area contributed by atoms with E-state index in [0.29, 0.717) is 12.6 Å². The summed E-state index contributed by atoms with van der Waals surface area (Å²) in [5.74, 6) is 0.800. The number of hydrogen-bond acceptors (Lipinski definition) is 6. The van der Waals surface area contributed by atoms with Gasteiger partial charge in [-0.25, -0.2) is 4.98 Å². The van der Waals surface area contributed by atoms with Gasteiger partial charge in [-0.15, -0.1) is 0 Å². The molecule has 2 aromatic heterocycles. The van der Waals surface area contributed by atoms with Gasteiger partial charge < -0.3 is 24.1 Å². The van der Waals surface area contributed by atoms with Crippen molar-refractivity contribution in [1.29, 1.82) is 0 Å². The minimum Gasteiger partial charge on any atom is -0.497 e. The minimum atomic E-state index is -0.345. The molecule has 0 radical (unpaired) electrons. The van der Waals surface area contributed by atoms with Crippen LogP contribution in [0.1, 0.15) is 31.2 Å². The number of aliphatic hydroxyl groups excluding tert-OH is 1. The number of nitrogens with zero attached hydrogens (tertiary/aromatic N) is 3. The first-order chi connectivity index (χ1) is 14.2. The molecule has 1 saturated carbocycles. The van der Waals surface area contributed by atoms with Crippen LogP contribution >= 0.6 is 0 Å². The molecule has 1 aliphatic rings. The number of hydrogen-bond donors (Lipinski definition) is 2. The van der Waals surface area contributed by atoms with E-state index < -0.39 is 0 Å². The standard InChI is InChI=1S/C22H24N4O3/c1-28-15-7-9-19-18(11-15)23-13-26(19)12-14-6-8-17-21(10-14)29-22(25-17)24-16-4-2-3-5-20(16)27/h6-11,13,16,20,27H,2-5,12H2,1H3,(H,24,25). The van der Waals surface area contributed by atoms with Gasteiger partial charge in [0.25, 0.3) is 6.01 Å². The molecule has 0 spiro atoms. The molecule has 2 atom stereocenters. The van der Waals surface area contributed by atoms with Crippen molar-refractivity contribution in [2.75, 3.05) is 12.4 Å². The normalized spacial score (nSPS) is 19.7. The molecule has 2 N–H and O–H groups in total. The third kappa shape index (κ3) is 3.53. The Balaban J connectivity index is 1.37. The second-order valence-electron chi connectivity index (χ2n) is 7.65. The highest BCUT2D eigenvalue weighted by Gasteiger charge is 2.24. The Kier molecular flexibility index (Phi) is 4.60. The van der Waals surface area contributed by atoms with Crippen molar-refractivity contribution >= 4 is 28.1 Å². The zero-order chi connectivity index (χ0) is 19.8. The Bertz CT molecular complexity index is 1150. The van der Waals surface area contributed by atoms with Crippen LogP contribution in [0.3, 0.4) is 0 Å². The van der Waals surface area contributed by atoms with Crippen molar-refractivity contribution in [1.82, 2.24) is 14.5 Å². The van der Waals surface area contributed by atoms with Crippen LogP contribution in [-0.2, 0) is 6.54 Å². The van der Waals surface area contributed by atoms with Crippen LogP contribution in [0.25, 0.3) is 22.1 Å². The number of aromatic nitrogens is 3. The van der Waals surface area contributed by atoms with Gasteiger partial charge in [0, 0.05) is 12.6 Å². The van der Waals surface area contributed by atoms with Gasteiger partial charge in [-0.1, -0.05) is 18.9 Å². The van der Waals surface area contributed by atoms with Crippen molar-refractivity contribution in [3.63, 3.8) is 0 Å². The summed E-state index contributed by atoms with van der Waals surface area (Å²) in [6.45, 7) is 0.684. The molecule has 2 aromatic carbocycles. The Morgan fingerprint density at radius 2 is 2.07 bits per heavy atom. The summed E-state index contributed by atoms with van der Waals surface area (Å²) in [6, 6.07) is 12.4. The lowest BCUT2D eigenvalue weighted by Gasteiger charge is -2.27. The van der Waals surface area contributed by atoms with E-state index in [2.05, 4.69) is 25.9 Å². The average molecular weight is 392 g/mol. The first kappa shape index (κ1) is 18.0. The molecule has 29 heavy (non-hydrogen) atoms. The zero-order valence-electron chi connectivity index (χ0n) is 16.3. The molecule has 1 aliphatic carbocycles. The van der Waals surface area contributed by atoms with Crippen LogP contribution < -0.4 is 10.1 Å². The van der Waals surface area contributed by atoms with Crippen LogP contribution in [0.2, 0.25) is 0 Å². The number of benzene rings is 2. The van der Waals surface area contributed by atoms with E-state index in [0.717, 1.165) is 59.1 Å². The summed E-state index contributed by atoms with van der Waals surface area (Å²) < 4.78 is 13.3. The lowest BCUT2D eigenvalue weighted by atomic mass is 9.93. The molecule has 0 amide bonds. The summed E-state index contributed by atoms with van der Waals surface area (Å²) in [7, 11) is 1.66. The summed E-state index contributed by atoms with van der Waals surface area (Å²) in [5.41, 5.74) is 4.61. The maximum absolute atomic E-state index is 10.2. The maximum atomic E-state index is 10.2. The minimum absolute atomic E-state index is 0.00517. The van der Waals surface area contributed by atoms with Gasteiger partial charge in [0.15, 0.2) is 5.58 Å². The molecule has 1 fully saturated rings. The molecular formula is C22H24N4O3. The predicted octanol–water partition coefficient (Wildman–Crippen LogP) is 3.95. The smallest absolute Gasteiger partial charge is 0.295 e. The Labute approximate surface area is 168 Å². The molecule has 7 heteroatoms. The second kappa shape index (κ2) is 7.40. The summed E-state index contributed by atoms with van der Waals surface area (Å²) >= 11 is 0. The van der Waals surface area contributed by atoms with Gasteiger partial charge in [0.1, 0.15) is 11.3 Å². The van der Waals surface area contributed by atoms with E-state index in [4.69, 9.17) is 9.15 Å². The Hall–Kier alpha value is -3.06. The van der Waals surface area contributed by atoms with Gasteiger partial charge in [-0.05, 0) is 42.7 Å². The van der Waals surface area contributed by atoms with Crippen LogP contribution in [0, 0.1) is 0 Å². The topological polar surface area (TPSA) is 85.3 Å². The number of imidazole rings is 1. The lowest BCUT2D eigenvalue weighted by molar-refractivity contribution is 0.115. The number of rotatable bonds is 5. The fraction of sp³-hybridized carbons (Fsp3) is 0.364. The van der Waals surface area contributed by atoms with Crippen molar-refractivity contribution < 1.29 is 14.3 Å². The zero-order valence-corrected chi connectivity index (χ0v) is 16.3. The van der Waals surface area contributed by atoms with E-state index in [1.54, 1.807) is 7.11 Å². The number of methoxy groups -OCH3 is 1. The first-order valence-corrected chi connectivity index (χ1v) is 10.0. The van der Waals surface area contributed by atoms with Crippen molar-refractivity contribution in [2.24, 2.45) is 0 Å². The fourth-order valence-corrected chi connectivity index (χ4v) is 4.06. The lowest BCUT2D eigenvalue weighted by Crippen LogP contribution is -2.36. The van der Waals surface area contributed by atoms with Gasteiger partial charge in [0.05, 0.1) is 36.6 Å². The highest BCUT2D eigenvalue weighted by Crippen LogP contribution is 2.26. The third-order valence-electron chi connectivity index (χ3n) is 5.67. The van der Waals surface area contributed by atoms with E-state index in [1.165, 1.54) is 0 Å². The Morgan fingerprint density at radius 1 is 1.17 bits per heavy atom.